The fraction of sp³-hybridized carbons (Fsp3) is 0.350. The molecule has 258 valence electrons. The number of carbonyl (C=O) groups is 2. The van der Waals surface area contributed by atoms with Crippen molar-refractivity contribution in [2.45, 2.75) is 58.5 Å². The number of amides is 2. The highest BCUT2D eigenvalue weighted by atomic mass is 16.7. The van der Waals surface area contributed by atoms with Gasteiger partial charge in [-0.3, -0.25) is 9.69 Å². The third kappa shape index (κ3) is 9.33. The van der Waals surface area contributed by atoms with Gasteiger partial charge in [0.15, 0.2) is 6.29 Å². The maximum atomic E-state index is 12.3. The van der Waals surface area contributed by atoms with E-state index in [1.807, 2.05) is 78.9 Å². The van der Waals surface area contributed by atoms with Gasteiger partial charge in [0, 0.05) is 30.6 Å². The van der Waals surface area contributed by atoms with Gasteiger partial charge >= 0.3 is 12.0 Å². The minimum Gasteiger partial charge on any atom is -0.465 e. The summed E-state index contributed by atoms with van der Waals surface area (Å²) in [5.41, 5.74) is 6.97. The molecule has 4 aromatic rings. The highest BCUT2D eigenvalue weighted by Crippen LogP contribution is 2.42. The molecule has 0 aliphatic carbocycles. The van der Waals surface area contributed by atoms with E-state index in [1.165, 1.54) is 5.56 Å². The average Bonchev–Trinajstić information content (AvgIpc) is 3.14. The molecule has 1 fully saturated rings. The predicted molar refractivity (Wildman–Crippen MR) is 189 cm³/mol. The summed E-state index contributed by atoms with van der Waals surface area (Å²) >= 11 is 0. The minimum atomic E-state index is -0.585. The first-order valence-electron chi connectivity index (χ1n) is 16.9. The Kier molecular flexibility index (Phi) is 12.6. The minimum absolute atomic E-state index is 0.00783. The molecule has 49 heavy (non-hydrogen) atoms. The lowest BCUT2D eigenvalue weighted by Crippen LogP contribution is -2.44. The highest BCUT2D eigenvalue weighted by molar-refractivity contribution is 5.81. The SMILES string of the molecule is CCOC(=O)CNC(=O)NCc1ccccc1-c1ccc(C2OC(CN(C)C(C)c3ccccc3)C(C)C(c3ccc(CO)cc3)O2)cc1. The molecule has 5 atom stereocenters. The summed E-state index contributed by atoms with van der Waals surface area (Å²) in [6, 6.07) is 34.2. The van der Waals surface area contributed by atoms with Crippen LogP contribution in [0.5, 0.6) is 0 Å². The number of nitrogens with zero attached hydrogens (tertiary/aromatic N) is 1. The van der Waals surface area contributed by atoms with Crippen LogP contribution >= 0.6 is 0 Å². The highest BCUT2D eigenvalue weighted by Gasteiger charge is 2.39. The molecule has 2 amide bonds. The summed E-state index contributed by atoms with van der Waals surface area (Å²) in [6.07, 6.45) is -0.907. The molecule has 0 saturated carbocycles. The Morgan fingerprint density at radius 3 is 2.24 bits per heavy atom. The molecule has 0 spiro atoms. The maximum Gasteiger partial charge on any atom is 0.325 e. The lowest BCUT2D eigenvalue weighted by atomic mass is 9.89. The van der Waals surface area contributed by atoms with E-state index in [2.05, 4.69) is 60.7 Å². The van der Waals surface area contributed by atoms with E-state index in [0.29, 0.717) is 6.54 Å². The molecule has 9 nitrogen and oxygen atoms in total. The van der Waals surface area contributed by atoms with Crippen molar-refractivity contribution in [3.63, 3.8) is 0 Å². The Morgan fingerprint density at radius 2 is 1.55 bits per heavy atom. The lowest BCUT2D eigenvalue weighted by Gasteiger charge is -2.43. The van der Waals surface area contributed by atoms with Gasteiger partial charge in [-0.05, 0) is 54.3 Å². The maximum absolute atomic E-state index is 12.3. The molecule has 0 radical (unpaired) electrons. The van der Waals surface area contributed by atoms with Gasteiger partial charge in [-0.25, -0.2) is 4.79 Å². The molecule has 0 bridgehead atoms. The van der Waals surface area contributed by atoms with Crippen molar-refractivity contribution in [3.05, 3.63) is 131 Å². The number of aliphatic hydroxyl groups excluding tert-OH is 1. The third-order valence-electron chi connectivity index (χ3n) is 9.18. The van der Waals surface area contributed by atoms with Crippen molar-refractivity contribution >= 4 is 12.0 Å². The second kappa shape index (κ2) is 17.2. The van der Waals surface area contributed by atoms with Crippen LogP contribution in [0.4, 0.5) is 4.79 Å². The average molecular weight is 666 g/mol. The summed E-state index contributed by atoms with van der Waals surface area (Å²) < 4.78 is 18.3. The largest absolute Gasteiger partial charge is 0.465 e. The van der Waals surface area contributed by atoms with E-state index in [9.17, 15) is 14.7 Å². The smallest absolute Gasteiger partial charge is 0.325 e. The quantitative estimate of drug-likeness (QED) is 0.137. The molecule has 1 saturated heterocycles. The van der Waals surface area contributed by atoms with Crippen LogP contribution in [-0.4, -0.2) is 54.9 Å². The number of hydrogen-bond acceptors (Lipinski definition) is 7. The molecular formula is C40H47N3O6. The van der Waals surface area contributed by atoms with Crippen LogP contribution in [0.2, 0.25) is 0 Å². The van der Waals surface area contributed by atoms with Crippen LogP contribution in [0.15, 0.2) is 103 Å². The monoisotopic (exact) mass is 665 g/mol. The number of carbonyl (C=O) groups excluding carboxylic acids is 2. The number of rotatable bonds is 13. The molecule has 1 aliphatic heterocycles. The van der Waals surface area contributed by atoms with Crippen molar-refractivity contribution < 1.29 is 28.9 Å². The molecule has 1 heterocycles. The van der Waals surface area contributed by atoms with Crippen LogP contribution < -0.4 is 10.6 Å². The number of likely N-dealkylation sites (N-methyl/N-ethyl adjacent to an activating group) is 1. The van der Waals surface area contributed by atoms with Gasteiger partial charge in [-0.2, -0.15) is 0 Å². The number of ether oxygens (including phenoxy) is 3. The molecule has 3 N–H and O–H groups in total. The van der Waals surface area contributed by atoms with Crippen molar-refractivity contribution in [1.29, 1.82) is 0 Å². The Bertz CT molecular complexity index is 1650. The summed E-state index contributed by atoms with van der Waals surface area (Å²) in [6.45, 7) is 7.18. The fourth-order valence-electron chi connectivity index (χ4n) is 6.13. The molecule has 5 rings (SSSR count). The van der Waals surface area contributed by atoms with E-state index < -0.39 is 18.3 Å². The molecule has 4 aromatic carbocycles. The Labute approximate surface area is 289 Å². The number of aliphatic hydroxyl groups is 1. The number of benzene rings is 4. The summed E-state index contributed by atoms with van der Waals surface area (Å²) in [5, 5.41) is 15.0. The van der Waals surface area contributed by atoms with E-state index in [-0.39, 0.29) is 50.5 Å². The molecule has 1 aliphatic rings. The van der Waals surface area contributed by atoms with Crippen molar-refractivity contribution in [1.82, 2.24) is 15.5 Å². The van der Waals surface area contributed by atoms with E-state index in [4.69, 9.17) is 14.2 Å². The van der Waals surface area contributed by atoms with Crippen LogP contribution in [0.3, 0.4) is 0 Å². The standard InChI is InChI=1S/C40H47N3O6/c1-5-47-37(45)24-42-40(46)41-23-34-13-9-10-14-35(34)31-19-21-33(22-20-31)39-48-36(25-43(4)28(3)30-11-7-6-8-12-30)27(2)38(49-39)32-17-15-29(26-44)16-18-32/h6-22,27-28,36,38-39,44H,5,23-26H2,1-4H3,(H2,41,42,46). The Hall–Kier alpha value is -4.54. The van der Waals surface area contributed by atoms with E-state index in [0.717, 1.165) is 33.4 Å². The number of urea groups is 1. The molecule has 5 unspecified atom stereocenters. The van der Waals surface area contributed by atoms with Gasteiger partial charge in [0.25, 0.3) is 0 Å². The Balaban J connectivity index is 1.33. The Morgan fingerprint density at radius 1 is 0.878 bits per heavy atom. The zero-order valence-corrected chi connectivity index (χ0v) is 28.7. The first kappa shape index (κ1) is 35.8. The van der Waals surface area contributed by atoms with E-state index >= 15 is 0 Å². The fourth-order valence-corrected chi connectivity index (χ4v) is 6.13. The van der Waals surface area contributed by atoms with Gasteiger partial charge in [0.2, 0.25) is 0 Å². The van der Waals surface area contributed by atoms with Gasteiger partial charge in [0.1, 0.15) is 6.54 Å². The van der Waals surface area contributed by atoms with E-state index in [1.54, 1.807) is 6.92 Å². The van der Waals surface area contributed by atoms with Gasteiger partial charge in [-0.1, -0.05) is 110 Å². The second-order valence-electron chi connectivity index (χ2n) is 12.5. The van der Waals surface area contributed by atoms with Crippen molar-refractivity contribution in [2.75, 3.05) is 26.7 Å². The predicted octanol–water partition coefficient (Wildman–Crippen LogP) is 6.69. The first-order chi connectivity index (χ1) is 23.8. The topological polar surface area (TPSA) is 109 Å². The summed E-state index contributed by atoms with van der Waals surface area (Å²) in [4.78, 5) is 26.2. The third-order valence-corrected chi connectivity index (χ3v) is 9.18. The summed E-state index contributed by atoms with van der Waals surface area (Å²) in [7, 11) is 2.13. The summed E-state index contributed by atoms with van der Waals surface area (Å²) in [5.74, 6) is -0.417. The normalized spacial score (nSPS) is 19.6. The zero-order valence-electron chi connectivity index (χ0n) is 28.7. The van der Waals surface area contributed by atoms with Crippen molar-refractivity contribution in [2.24, 2.45) is 5.92 Å². The van der Waals surface area contributed by atoms with Crippen LogP contribution in [0.25, 0.3) is 11.1 Å². The van der Waals surface area contributed by atoms with Gasteiger partial charge in [0.05, 0.1) is 25.4 Å². The number of esters is 1. The lowest BCUT2D eigenvalue weighted by molar-refractivity contribution is -0.276. The molecular weight excluding hydrogens is 618 g/mol. The van der Waals surface area contributed by atoms with Crippen LogP contribution in [-0.2, 0) is 32.2 Å². The zero-order chi connectivity index (χ0) is 34.8. The van der Waals surface area contributed by atoms with Crippen molar-refractivity contribution in [3.8, 4) is 11.1 Å². The van der Waals surface area contributed by atoms with Crippen LogP contribution in [0, 0.1) is 5.92 Å². The van der Waals surface area contributed by atoms with Gasteiger partial charge in [-0.15, -0.1) is 0 Å². The van der Waals surface area contributed by atoms with Crippen LogP contribution in [0.1, 0.15) is 67.0 Å². The number of hydrogen-bond donors (Lipinski definition) is 3. The van der Waals surface area contributed by atoms with Gasteiger partial charge < -0.3 is 30.0 Å². The molecule has 9 heteroatoms. The number of nitrogens with one attached hydrogen (secondary N) is 2. The second-order valence-corrected chi connectivity index (χ2v) is 12.5. The first-order valence-corrected chi connectivity index (χ1v) is 16.9. The molecule has 0 aromatic heterocycles.